The van der Waals surface area contributed by atoms with Gasteiger partial charge in [0.25, 0.3) is 5.91 Å². The molecule has 3 N–H and O–H groups in total. The van der Waals surface area contributed by atoms with Crippen LogP contribution < -0.4 is 10.5 Å². The summed E-state index contributed by atoms with van der Waals surface area (Å²) in [5.74, 6) is 1.06. The molecule has 0 radical (unpaired) electrons. The molecule has 0 bridgehead atoms. The van der Waals surface area contributed by atoms with Crippen LogP contribution in [0.3, 0.4) is 0 Å². The number of nitrogens with zero attached hydrogens (tertiary/aromatic N) is 1. The molecule has 2 aliphatic rings. The maximum Gasteiger partial charge on any atom is 0.251 e. The second-order valence-electron chi connectivity index (χ2n) is 7.26. The van der Waals surface area contributed by atoms with Gasteiger partial charge in [-0.15, -0.1) is 0 Å². The third kappa shape index (κ3) is 4.06. The van der Waals surface area contributed by atoms with E-state index in [0.717, 1.165) is 19.0 Å². The molecule has 3 rings (SSSR count). The fourth-order valence-corrected chi connectivity index (χ4v) is 5.55. The Balaban J connectivity index is 1.70. The van der Waals surface area contributed by atoms with Crippen LogP contribution in [0, 0.1) is 11.8 Å². The first kappa shape index (κ1) is 19.6. The Morgan fingerprint density at radius 1 is 1.35 bits per heavy atom. The SMILES string of the molecule is CCN1CC2CCCCC2C1CNC(=O)c1ccc(Cl)c(S(N)(=O)=O)c1. The Kier molecular flexibility index (Phi) is 5.91. The summed E-state index contributed by atoms with van der Waals surface area (Å²) in [6, 6.07) is 4.49. The molecule has 26 heavy (non-hydrogen) atoms. The Labute approximate surface area is 160 Å². The van der Waals surface area contributed by atoms with E-state index >= 15 is 0 Å². The highest BCUT2D eigenvalue weighted by Crippen LogP contribution is 2.40. The smallest absolute Gasteiger partial charge is 0.251 e. The molecule has 144 valence electrons. The predicted octanol–water partition coefficient (Wildman–Crippen LogP) is 2.23. The standard InChI is InChI=1S/C18H26ClN3O3S/c1-2-22-11-13-5-3-4-6-14(13)16(22)10-21-18(23)12-7-8-15(19)17(9-12)26(20,24)25/h7-9,13-14,16H,2-6,10-11H2,1H3,(H,21,23)(H2,20,24,25). The van der Waals surface area contributed by atoms with Crippen LogP contribution in [0.2, 0.25) is 5.02 Å². The summed E-state index contributed by atoms with van der Waals surface area (Å²) in [7, 11) is -3.97. The van der Waals surface area contributed by atoms with Gasteiger partial charge in [-0.2, -0.15) is 0 Å². The van der Waals surface area contributed by atoms with E-state index in [1.54, 1.807) is 0 Å². The van der Waals surface area contributed by atoms with Crippen LogP contribution in [0.4, 0.5) is 0 Å². The van der Waals surface area contributed by atoms with E-state index in [1.165, 1.54) is 43.9 Å². The molecule has 8 heteroatoms. The summed E-state index contributed by atoms with van der Waals surface area (Å²) in [5.41, 5.74) is 0.250. The second kappa shape index (κ2) is 7.84. The van der Waals surface area contributed by atoms with Crippen molar-refractivity contribution in [3.05, 3.63) is 28.8 Å². The van der Waals surface area contributed by atoms with Gasteiger partial charge in [-0.25, -0.2) is 13.6 Å². The van der Waals surface area contributed by atoms with Crippen LogP contribution >= 0.6 is 11.6 Å². The number of fused-ring (bicyclic) bond motifs is 1. The average Bonchev–Trinajstić information content (AvgIpc) is 2.96. The molecule has 0 spiro atoms. The Bertz CT molecular complexity index is 784. The first-order chi connectivity index (χ1) is 12.3. The lowest BCUT2D eigenvalue weighted by atomic mass is 9.78. The van der Waals surface area contributed by atoms with Gasteiger partial charge >= 0.3 is 0 Å². The lowest BCUT2D eigenvalue weighted by Gasteiger charge is -2.30. The number of amides is 1. The zero-order valence-electron chi connectivity index (χ0n) is 14.9. The minimum Gasteiger partial charge on any atom is -0.350 e. The fourth-order valence-electron chi connectivity index (χ4n) is 4.48. The minimum atomic E-state index is -3.97. The molecule has 1 saturated heterocycles. The number of likely N-dealkylation sites (N-methyl/N-ethyl adjacent to an activating group) is 1. The number of halogens is 1. The van der Waals surface area contributed by atoms with Crippen molar-refractivity contribution in [1.82, 2.24) is 10.2 Å². The number of rotatable bonds is 5. The highest BCUT2D eigenvalue weighted by molar-refractivity contribution is 7.89. The molecule has 6 nitrogen and oxygen atoms in total. The van der Waals surface area contributed by atoms with Gasteiger partial charge in [0.1, 0.15) is 4.90 Å². The average molecular weight is 400 g/mol. The number of nitrogens with one attached hydrogen (secondary N) is 1. The predicted molar refractivity (Wildman–Crippen MR) is 102 cm³/mol. The molecule has 0 aromatic heterocycles. The lowest BCUT2D eigenvalue weighted by molar-refractivity contribution is 0.0933. The molecular weight excluding hydrogens is 374 g/mol. The number of hydrogen-bond acceptors (Lipinski definition) is 4. The van der Waals surface area contributed by atoms with Crippen LogP contribution in [-0.2, 0) is 10.0 Å². The molecule has 3 unspecified atom stereocenters. The molecule has 1 aliphatic heterocycles. The zero-order chi connectivity index (χ0) is 18.9. The van der Waals surface area contributed by atoms with E-state index in [1.807, 2.05) is 0 Å². The third-order valence-corrected chi connectivity index (χ3v) is 7.17. The number of hydrogen-bond donors (Lipinski definition) is 2. The number of primary sulfonamides is 1. The van der Waals surface area contributed by atoms with E-state index in [4.69, 9.17) is 16.7 Å². The molecule has 2 fully saturated rings. The molecule has 1 aromatic rings. The Hall–Kier alpha value is -1.15. The van der Waals surface area contributed by atoms with E-state index in [9.17, 15) is 13.2 Å². The van der Waals surface area contributed by atoms with Crippen LogP contribution in [0.1, 0.15) is 43.0 Å². The normalized spacial score (nSPS) is 26.5. The van der Waals surface area contributed by atoms with E-state index in [0.29, 0.717) is 18.5 Å². The number of nitrogens with two attached hydrogens (primary N) is 1. The molecule has 1 aliphatic carbocycles. The van der Waals surface area contributed by atoms with Gasteiger partial charge in [0.15, 0.2) is 0 Å². The van der Waals surface area contributed by atoms with Gasteiger partial charge < -0.3 is 5.32 Å². The summed E-state index contributed by atoms with van der Waals surface area (Å²) < 4.78 is 23.2. The van der Waals surface area contributed by atoms with E-state index in [2.05, 4.69) is 17.1 Å². The maximum atomic E-state index is 12.5. The van der Waals surface area contributed by atoms with Crippen molar-refractivity contribution in [3.63, 3.8) is 0 Å². The highest BCUT2D eigenvalue weighted by atomic mass is 35.5. The summed E-state index contributed by atoms with van der Waals surface area (Å²) in [6.45, 7) is 4.81. The van der Waals surface area contributed by atoms with Crippen molar-refractivity contribution in [3.8, 4) is 0 Å². The zero-order valence-corrected chi connectivity index (χ0v) is 16.5. The summed E-state index contributed by atoms with van der Waals surface area (Å²) in [4.78, 5) is 14.8. The van der Waals surface area contributed by atoms with Crippen molar-refractivity contribution < 1.29 is 13.2 Å². The molecule has 1 amide bonds. The topological polar surface area (TPSA) is 92.5 Å². The van der Waals surface area contributed by atoms with Crippen LogP contribution in [0.25, 0.3) is 0 Å². The first-order valence-electron chi connectivity index (χ1n) is 9.16. The van der Waals surface area contributed by atoms with Crippen molar-refractivity contribution in [1.29, 1.82) is 0 Å². The second-order valence-corrected chi connectivity index (χ2v) is 9.20. The monoisotopic (exact) mass is 399 g/mol. The van der Waals surface area contributed by atoms with Gasteiger partial charge in [0.2, 0.25) is 10.0 Å². The van der Waals surface area contributed by atoms with Crippen molar-refractivity contribution in [2.45, 2.75) is 43.5 Å². The van der Waals surface area contributed by atoms with Gasteiger partial charge in [0, 0.05) is 24.7 Å². The van der Waals surface area contributed by atoms with Gasteiger partial charge in [-0.1, -0.05) is 31.4 Å². The Morgan fingerprint density at radius 2 is 2.08 bits per heavy atom. The van der Waals surface area contributed by atoms with Crippen molar-refractivity contribution >= 4 is 27.5 Å². The van der Waals surface area contributed by atoms with Gasteiger partial charge in [-0.05, 0) is 49.4 Å². The maximum absolute atomic E-state index is 12.5. The first-order valence-corrected chi connectivity index (χ1v) is 11.1. The van der Waals surface area contributed by atoms with Crippen LogP contribution in [0.15, 0.2) is 23.1 Å². The van der Waals surface area contributed by atoms with Gasteiger partial charge in [0.05, 0.1) is 5.02 Å². The van der Waals surface area contributed by atoms with E-state index < -0.39 is 10.0 Å². The molecular formula is C18H26ClN3O3S. The van der Waals surface area contributed by atoms with Crippen LogP contribution in [0.5, 0.6) is 0 Å². The van der Waals surface area contributed by atoms with Crippen LogP contribution in [-0.4, -0.2) is 44.9 Å². The van der Waals surface area contributed by atoms with Gasteiger partial charge in [-0.3, -0.25) is 9.69 Å². The fraction of sp³-hybridized carbons (Fsp3) is 0.611. The largest absolute Gasteiger partial charge is 0.350 e. The lowest BCUT2D eigenvalue weighted by Crippen LogP contribution is -2.43. The number of sulfonamides is 1. The summed E-state index contributed by atoms with van der Waals surface area (Å²) in [5, 5.41) is 8.15. The molecule has 3 atom stereocenters. The number of benzene rings is 1. The van der Waals surface area contributed by atoms with Crippen molar-refractivity contribution in [2.24, 2.45) is 17.0 Å². The number of likely N-dealkylation sites (tertiary alicyclic amines) is 1. The number of carbonyl (C=O) groups is 1. The molecule has 1 aromatic carbocycles. The highest BCUT2D eigenvalue weighted by Gasteiger charge is 2.41. The van der Waals surface area contributed by atoms with Crippen molar-refractivity contribution in [2.75, 3.05) is 19.6 Å². The number of carbonyl (C=O) groups excluding carboxylic acids is 1. The molecule has 1 saturated carbocycles. The summed E-state index contributed by atoms with van der Waals surface area (Å²) in [6.07, 6.45) is 5.07. The molecule has 1 heterocycles. The van der Waals surface area contributed by atoms with E-state index in [-0.39, 0.29) is 21.4 Å². The Morgan fingerprint density at radius 3 is 2.77 bits per heavy atom. The third-order valence-electron chi connectivity index (χ3n) is 5.78. The quantitative estimate of drug-likeness (QED) is 0.794. The summed E-state index contributed by atoms with van der Waals surface area (Å²) >= 11 is 5.88. The minimum absolute atomic E-state index is 0.0158.